The third-order valence-corrected chi connectivity index (χ3v) is 12.4. The number of carbonyl (C=O) groups is 2. The van der Waals surface area contributed by atoms with Gasteiger partial charge >= 0.3 is 204 Å². The van der Waals surface area contributed by atoms with E-state index in [1.807, 2.05) is 36.4 Å². The van der Waals surface area contributed by atoms with Crippen LogP contribution < -0.4 is 13.8 Å². The van der Waals surface area contributed by atoms with Gasteiger partial charge in [-0.3, -0.25) is 9.59 Å². The summed E-state index contributed by atoms with van der Waals surface area (Å²) in [7, 11) is 0. The monoisotopic (exact) mass is 729 g/mol. The Hall–Kier alpha value is -4.24. The maximum absolute atomic E-state index is 13.5. The molecule has 0 unspecified atom stereocenters. The van der Waals surface area contributed by atoms with Crippen LogP contribution in [-0.4, -0.2) is 41.5 Å². The van der Waals surface area contributed by atoms with Crippen LogP contribution in [0.1, 0.15) is 51.3 Å². The van der Waals surface area contributed by atoms with Crippen LogP contribution in [0.15, 0.2) is 115 Å². The van der Waals surface area contributed by atoms with Crippen LogP contribution in [0.3, 0.4) is 0 Å². The predicted molar refractivity (Wildman–Crippen MR) is 194 cm³/mol. The first-order valence-corrected chi connectivity index (χ1v) is 20.5. The molecule has 5 heteroatoms. The average Bonchev–Trinajstić information content (AvgIpc) is 3.30. The van der Waals surface area contributed by atoms with Gasteiger partial charge in [0.15, 0.2) is 11.6 Å². The first kappa shape index (κ1) is 29.2. The fourth-order valence-corrected chi connectivity index (χ4v) is 9.64. The van der Waals surface area contributed by atoms with Gasteiger partial charge in [0, 0.05) is 11.1 Å². The summed E-state index contributed by atoms with van der Waals surface area (Å²) in [4.78, 5) is 29.4. The number of hydrogen-bond donors (Lipinski definition) is 0. The molecule has 1 aliphatic heterocycles. The number of carbonyl (C=O) groups excluding carboxylic acids is 2. The molecule has 6 aromatic rings. The first-order valence-electron chi connectivity index (χ1n) is 15.3. The number of anilines is 3. The van der Waals surface area contributed by atoms with Crippen LogP contribution in [0.25, 0.3) is 27.6 Å². The van der Waals surface area contributed by atoms with E-state index in [0.29, 0.717) is 41.0 Å². The standard InChI is InChI=1S/C41H31NO2Se2/c1-41(2)35-11-7-8-12-36(35)42(28-21-29(45-3)23-30(22-28)46-4)37-16-14-27-17-24(13-15-31(27)38(37)41)18-34-39(43)32-19-25-9-5-6-10-26(25)20-33(32)40(34)44/h5-23H,1-4H3. The Labute approximate surface area is 281 Å². The second-order valence-corrected chi connectivity index (χ2v) is 16.1. The van der Waals surface area contributed by atoms with Crippen LogP contribution in [0.5, 0.6) is 0 Å². The van der Waals surface area contributed by atoms with Crippen LogP contribution in [-0.2, 0) is 5.41 Å². The minimum absolute atomic E-state index is 0.201. The zero-order chi connectivity index (χ0) is 31.7. The van der Waals surface area contributed by atoms with Crippen molar-refractivity contribution in [2.45, 2.75) is 30.9 Å². The third kappa shape index (κ3) is 4.46. The Morgan fingerprint density at radius 3 is 1.91 bits per heavy atom. The zero-order valence-electron chi connectivity index (χ0n) is 26.0. The van der Waals surface area contributed by atoms with Crippen molar-refractivity contribution in [1.82, 2.24) is 0 Å². The van der Waals surface area contributed by atoms with Gasteiger partial charge in [0.1, 0.15) is 0 Å². The molecule has 0 N–H and O–H groups in total. The van der Waals surface area contributed by atoms with Crippen molar-refractivity contribution in [3.63, 3.8) is 0 Å². The second kappa shape index (κ2) is 10.9. The van der Waals surface area contributed by atoms with Gasteiger partial charge in [-0.15, -0.1) is 0 Å². The Bertz CT molecular complexity index is 2240. The van der Waals surface area contributed by atoms with Gasteiger partial charge in [-0.25, -0.2) is 0 Å². The van der Waals surface area contributed by atoms with E-state index in [1.165, 1.54) is 42.5 Å². The van der Waals surface area contributed by atoms with E-state index in [9.17, 15) is 9.59 Å². The van der Waals surface area contributed by atoms with Crippen molar-refractivity contribution in [3.05, 3.63) is 143 Å². The maximum atomic E-state index is 13.5. The molecule has 0 spiro atoms. The summed E-state index contributed by atoms with van der Waals surface area (Å²) in [6.07, 6.45) is 1.77. The molecule has 0 atom stereocenters. The minimum atomic E-state index is -0.243. The normalized spacial score (nSPS) is 14.9. The number of benzene rings is 6. The van der Waals surface area contributed by atoms with Gasteiger partial charge in [0.05, 0.1) is 0 Å². The van der Waals surface area contributed by atoms with Crippen LogP contribution >= 0.6 is 0 Å². The van der Waals surface area contributed by atoms with Crippen molar-refractivity contribution in [3.8, 4) is 0 Å². The molecule has 224 valence electrons. The van der Waals surface area contributed by atoms with Crippen molar-refractivity contribution in [1.29, 1.82) is 0 Å². The number of allylic oxidation sites excluding steroid dienone is 1. The van der Waals surface area contributed by atoms with E-state index < -0.39 is 0 Å². The molecule has 0 fully saturated rings. The summed E-state index contributed by atoms with van der Waals surface area (Å²) in [5.74, 6) is 4.17. The van der Waals surface area contributed by atoms with Gasteiger partial charge in [0.25, 0.3) is 0 Å². The Balaban J connectivity index is 1.27. The first-order chi connectivity index (χ1) is 22.3. The predicted octanol–water partition coefficient (Wildman–Crippen LogP) is 8.32. The van der Waals surface area contributed by atoms with Gasteiger partial charge in [-0.05, 0) is 22.9 Å². The molecule has 0 saturated heterocycles. The molecule has 46 heavy (non-hydrogen) atoms. The van der Waals surface area contributed by atoms with Crippen molar-refractivity contribution in [2.24, 2.45) is 0 Å². The van der Waals surface area contributed by atoms with E-state index in [1.54, 1.807) is 6.08 Å². The SMILES string of the molecule is C[Se]c1cc([Se]C)cc(N2c3ccccc3C(C)(C)c3c2ccc2cc(C=C4C(=O)c5cc6ccccc6cc5C4=O)ccc32)c1. The Morgan fingerprint density at radius 2 is 1.26 bits per heavy atom. The summed E-state index contributed by atoms with van der Waals surface area (Å²) in [6, 6.07) is 38.2. The van der Waals surface area contributed by atoms with Crippen LogP contribution in [0.2, 0.25) is 11.6 Å². The van der Waals surface area contributed by atoms with Crippen molar-refractivity contribution < 1.29 is 9.59 Å². The Morgan fingerprint density at radius 1 is 0.630 bits per heavy atom. The summed E-state index contributed by atoms with van der Waals surface area (Å²) in [6.45, 7) is 4.64. The number of para-hydroxylation sites is 1. The molecule has 8 rings (SSSR count). The molecule has 2 aliphatic rings. The van der Waals surface area contributed by atoms with Gasteiger partial charge in [-0.1, -0.05) is 24.3 Å². The molecule has 0 radical (unpaired) electrons. The molecule has 6 aromatic carbocycles. The Kier molecular flexibility index (Phi) is 6.94. The number of fused-ring (bicyclic) bond motifs is 6. The van der Waals surface area contributed by atoms with E-state index >= 15 is 0 Å². The molecule has 0 amide bonds. The van der Waals surface area contributed by atoms with Gasteiger partial charge in [-0.2, -0.15) is 0 Å². The third-order valence-electron chi connectivity index (χ3n) is 9.48. The number of Topliss-reactive ketones (excluding diaryl/α,β-unsaturated/α-hetero) is 2. The molecule has 0 saturated carbocycles. The van der Waals surface area contributed by atoms with Crippen molar-refractivity contribution >= 4 is 95.1 Å². The fraction of sp³-hybridized carbons (Fsp3) is 0.122. The molecule has 0 bridgehead atoms. The summed E-state index contributed by atoms with van der Waals surface area (Å²) in [5, 5.41) is 4.20. The molecular formula is C41H31NO2Se2. The number of nitrogens with zero attached hydrogens (tertiary/aromatic N) is 1. The van der Waals surface area contributed by atoms with Crippen molar-refractivity contribution in [2.75, 3.05) is 4.90 Å². The number of hydrogen-bond acceptors (Lipinski definition) is 3. The van der Waals surface area contributed by atoms with E-state index in [0.717, 1.165) is 21.7 Å². The molecule has 3 nitrogen and oxygen atoms in total. The summed E-state index contributed by atoms with van der Waals surface area (Å²) >= 11 is 0.803. The topological polar surface area (TPSA) is 37.4 Å². The summed E-state index contributed by atoms with van der Waals surface area (Å²) in [5.41, 5.74) is 8.03. The molecule has 0 aromatic heterocycles. The zero-order valence-corrected chi connectivity index (χ0v) is 29.5. The quantitative estimate of drug-likeness (QED) is 0.104. The number of rotatable bonds is 4. The van der Waals surface area contributed by atoms with Crippen LogP contribution in [0.4, 0.5) is 17.1 Å². The number of ketones is 2. The van der Waals surface area contributed by atoms with E-state index in [-0.39, 0.29) is 22.6 Å². The molecule has 1 heterocycles. The van der Waals surface area contributed by atoms with Crippen LogP contribution in [0, 0.1) is 0 Å². The van der Waals surface area contributed by atoms with Gasteiger partial charge < -0.3 is 0 Å². The fourth-order valence-electron chi connectivity index (χ4n) is 7.24. The molecular weight excluding hydrogens is 696 g/mol. The van der Waals surface area contributed by atoms with E-state index in [4.69, 9.17) is 0 Å². The second-order valence-electron chi connectivity index (χ2n) is 12.4. The van der Waals surface area contributed by atoms with E-state index in [2.05, 4.69) is 103 Å². The molecule has 1 aliphatic carbocycles. The van der Waals surface area contributed by atoms with Gasteiger partial charge in [0.2, 0.25) is 0 Å². The summed E-state index contributed by atoms with van der Waals surface area (Å²) < 4.78 is 2.83. The average molecular weight is 728 g/mol.